The number of carbonyl (C=O) groups excluding carboxylic acids is 1. The fourth-order valence-corrected chi connectivity index (χ4v) is 3.61. The second-order valence-electron chi connectivity index (χ2n) is 5.64. The first-order valence-corrected chi connectivity index (χ1v) is 8.88. The molecule has 0 aliphatic heterocycles. The van der Waals surface area contributed by atoms with Crippen LogP contribution < -0.4 is 10.9 Å². The van der Waals surface area contributed by atoms with Crippen molar-refractivity contribution < 1.29 is 4.79 Å². The lowest BCUT2D eigenvalue weighted by atomic mass is 10.1. The highest BCUT2D eigenvalue weighted by Gasteiger charge is 2.13. The number of aromatic nitrogens is 3. The molecule has 3 heterocycles. The van der Waals surface area contributed by atoms with Gasteiger partial charge in [-0.3, -0.25) is 9.59 Å². The van der Waals surface area contributed by atoms with Gasteiger partial charge in [-0.15, -0.1) is 11.3 Å². The Hall–Kier alpha value is -2.93. The molecule has 126 valence electrons. The maximum Gasteiger partial charge on any atom is 0.277 e. The molecule has 1 aromatic carbocycles. The average molecular weight is 352 g/mol. The Bertz CT molecular complexity index is 1130. The minimum absolute atomic E-state index is 0.108. The maximum absolute atomic E-state index is 12.6. The van der Waals surface area contributed by atoms with Crippen LogP contribution in [0.4, 0.5) is 0 Å². The number of thiophene rings is 1. The van der Waals surface area contributed by atoms with Gasteiger partial charge in [0.1, 0.15) is 5.52 Å². The van der Waals surface area contributed by atoms with Gasteiger partial charge in [0.2, 0.25) is 0 Å². The third-order valence-electron chi connectivity index (χ3n) is 4.18. The summed E-state index contributed by atoms with van der Waals surface area (Å²) >= 11 is 1.60. The summed E-state index contributed by atoms with van der Waals surface area (Å²) in [6, 6.07) is 11.0. The molecule has 0 radical (unpaired) electrons. The van der Waals surface area contributed by atoms with Gasteiger partial charge in [0, 0.05) is 17.0 Å². The van der Waals surface area contributed by atoms with Crippen LogP contribution in [0.25, 0.3) is 16.6 Å². The number of hydrogen-bond donors (Lipinski definition) is 1. The molecular formula is C18H16N4O2S. The Kier molecular flexibility index (Phi) is 3.85. The summed E-state index contributed by atoms with van der Waals surface area (Å²) in [7, 11) is 0. The molecule has 0 spiro atoms. The highest BCUT2D eigenvalue weighted by Crippen LogP contribution is 2.17. The predicted molar refractivity (Wildman–Crippen MR) is 98.1 cm³/mol. The van der Waals surface area contributed by atoms with Gasteiger partial charge >= 0.3 is 0 Å². The fourth-order valence-electron chi connectivity index (χ4n) is 2.96. The van der Waals surface area contributed by atoms with E-state index in [9.17, 15) is 9.59 Å². The normalized spacial score (nSPS) is 11.2. The smallest absolute Gasteiger partial charge is 0.277 e. The molecule has 1 N–H and O–H groups in total. The van der Waals surface area contributed by atoms with Crippen molar-refractivity contribution in [3.63, 3.8) is 0 Å². The molecule has 3 aromatic heterocycles. The van der Waals surface area contributed by atoms with Crippen molar-refractivity contribution in [2.24, 2.45) is 0 Å². The Morgan fingerprint density at radius 3 is 2.84 bits per heavy atom. The summed E-state index contributed by atoms with van der Waals surface area (Å²) in [4.78, 5) is 26.2. The minimum atomic E-state index is -0.161. The lowest BCUT2D eigenvalue weighted by molar-refractivity contribution is 0.0951. The van der Waals surface area contributed by atoms with Crippen LogP contribution in [0.5, 0.6) is 0 Å². The molecule has 0 fully saturated rings. The van der Waals surface area contributed by atoms with Crippen LogP contribution >= 0.6 is 11.3 Å². The Balaban J connectivity index is 1.77. The van der Waals surface area contributed by atoms with Crippen molar-refractivity contribution in [3.8, 4) is 0 Å². The first-order chi connectivity index (χ1) is 12.2. The first-order valence-electron chi connectivity index (χ1n) is 8.00. The topological polar surface area (TPSA) is 68.4 Å². The van der Waals surface area contributed by atoms with Gasteiger partial charge < -0.3 is 9.88 Å². The second kappa shape index (κ2) is 6.18. The van der Waals surface area contributed by atoms with Crippen LogP contribution in [-0.4, -0.2) is 20.1 Å². The average Bonchev–Trinajstić information content (AvgIpc) is 3.31. The van der Waals surface area contributed by atoms with E-state index >= 15 is 0 Å². The van der Waals surface area contributed by atoms with Crippen LogP contribution in [0.3, 0.4) is 0 Å². The van der Waals surface area contributed by atoms with E-state index in [1.165, 1.54) is 0 Å². The minimum Gasteiger partial charge on any atom is -0.347 e. The molecule has 0 unspecified atom stereocenters. The van der Waals surface area contributed by atoms with Crippen LogP contribution in [0.1, 0.15) is 22.2 Å². The number of rotatable bonds is 4. The molecule has 4 rings (SSSR count). The van der Waals surface area contributed by atoms with Crippen molar-refractivity contribution in [1.82, 2.24) is 19.5 Å². The summed E-state index contributed by atoms with van der Waals surface area (Å²) in [6.07, 6.45) is 1.61. The number of nitrogens with one attached hydrogen (secondary N) is 1. The molecule has 7 heteroatoms. The quantitative estimate of drug-likeness (QED) is 0.614. The van der Waals surface area contributed by atoms with E-state index in [4.69, 9.17) is 0 Å². The zero-order valence-corrected chi connectivity index (χ0v) is 14.4. The summed E-state index contributed by atoms with van der Waals surface area (Å²) in [5, 5.41) is 9.12. The highest BCUT2D eigenvalue weighted by atomic mass is 32.1. The van der Waals surface area contributed by atoms with Crippen molar-refractivity contribution in [1.29, 1.82) is 0 Å². The number of hydrogen-bond acceptors (Lipinski definition) is 4. The van der Waals surface area contributed by atoms with Gasteiger partial charge in [0.25, 0.3) is 11.5 Å². The van der Waals surface area contributed by atoms with Crippen LogP contribution in [0.2, 0.25) is 0 Å². The molecule has 0 saturated heterocycles. The summed E-state index contributed by atoms with van der Waals surface area (Å²) < 4.78 is 3.29. The summed E-state index contributed by atoms with van der Waals surface area (Å²) in [6.45, 7) is 2.93. The SMILES string of the molecule is CCn1c(=O)c2ccnn2c2ccc(C(=O)NCc3cccs3)cc21. The maximum atomic E-state index is 12.6. The molecule has 1 amide bonds. The zero-order valence-electron chi connectivity index (χ0n) is 13.6. The van der Waals surface area contributed by atoms with Gasteiger partial charge in [-0.25, -0.2) is 4.52 Å². The highest BCUT2D eigenvalue weighted by molar-refractivity contribution is 7.09. The van der Waals surface area contributed by atoms with E-state index in [0.29, 0.717) is 29.7 Å². The molecule has 25 heavy (non-hydrogen) atoms. The molecule has 4 aromatic rings. The van der Waals surface area contributed by atoms with E-state index in [1.807, 2.05) is 30.5 Å². The second-order valence-corrected chi connectivity index (χ2v) is 6.68. The number of amides is 1. The third kappa shape index (κ3) is 2.62. The number of nitrogens with zero attached hydrogens (tertiary/aromatic N) is 3. The molecule has 0 aliphatic rings. The van der Waals surface area contributed by atoms with Crippen LogP contribution in [0, 0.1) is 0 Å². The van der Waals surface area contributed by atoms with E-state index in [-0.39, 0.29) is 11.5 Å². The lowest BCUT2D eigenvalue weighted by Crippen LogP contribution is -2.24. The molecule has 0 atom stereocenters. The zero-order chi connectivity index (χ0) is 17.4. The molecule has 0 saturated carbocycles. The van der Waals surface area contributed by atoms with Crippen molar-refractivity contribution in [3.05, 3.63) is 68.8 Å². The van der Waals surface area contributed by atoms with E-state index in [0.717, 1.165) is 10.4 Å². The van der Waals surface area contributed by atoms with Gasteiger partial charge in [0.05, 0.1) is 23.8 Å². The predicted octanol–water partition coefficient (Wildman–Crippen LogP) is 2.66. The summed E-state index contributed by atoms with van der Waals surface area (Å²) in [5.41, 5.74) is 2.45. The number of benzene rings is 1. The molecule has 0 bridgehead atoms. The van der Waals surface area contributed by atoms with Crippen molar-refractivity contribution >= 4 is 33.8 Å². The Morgan fingerprint density at radius 2 is 2.08 bits per heavy atom. The van der Waals surface area contributed by atoms with Gasteiger partial charge in [-0.1, -0.05) is 6.07 Å². The van der Waals surface area contributed by atoms with Gasteiger partial charge in [-0.2, -0.15) is 5.10 Å². The first kappa shape index (κ1) is 15.6. The Labute approximate surface area is 147 Å². The number of carbonyl (C=O) groups is 1. The van der Waals surface area contributed by atoms with Crippen LogP contribution in [-0.2, 0) is 13.1 Å². The largest absolute Gasteiger partial charge is 0.347 e. The standard InChI is InChI=1S/C18H16N4O2S/c1-2-21-16-10-12(17(23)19-11-13-4-3-9-25-13)5-6-14(16)22-15(18(21)24)7-8-20-22/h3-10H,2,11H2,1H3,(H,19,23). The lowest BCUT2D eigenvalue weighted by Gasteiger charge is -2.11. The van der Waals surface area contributed by atoms with Gasteiger partial charge in [-0.05, 0) is 42.6 Å². The fraction of sp³-hybridized carbons (Fsp3) is 0.167. The summed E-state index contributed by atoms with van der Waals surface area (Å²) in [5.74, 6) is -0.161. The monoisotopic (exact) mass is 352 g/mol. The molecule has 6 nitrogen and oxygen atoms in total. The molecule has 0 aliphatic carbocycles. The third-order valence-corrected chi connectivity index (χ3v) is 5.06. The van der Waals surface area contributed by atoms with E-state index < -0.39 is 0 Å². The van der Waals surface area contributed by atoms with Crippen LogP contribution in [0.15, 0.2) is 52.8 Å². The van der Waals surface area contributed by atoms with Crippen molar-refractivity contribution in [2.75, 3.05) is 0 Å². The van der Waals surface area contributed by atoms with Crippen molar-refractivity contribution in [2.45, 2.75) is 20.0 Å². The van der Waals surface area contributed by atoms with E-state index in [1.54, 1.807) is 44.8 Å². The number of aryl methyl sites for hydroxylation is 1. The number of fused-ring (bicyclic) bond motifs is 3. The molecular weight excluding hydrogens is 336 g/mol. The van der Waals surface area contributed by atoms with E-state index in [2.05, 4.69) is 10.4 Å². The van der Waals surface area contributed by atoms with Gasteiger partial charge in [0.15, 0.2) is 0 Å². The Morgan fingerprint density at radius 1 is 1.20 bits per heavy atom.